The maximum atomic E-state index is 12.9. The lowest BCUT2D eigenvalue weighted by molar-refractivity contribution is -0.147. The smallest absolute Gasteiger partial charge is 0.261 e. The number of H-pyrrole nitrogens is 1. The number of carbonyl (C=O) groups is 2. The Kier molecular flexibility index (Phi) is 6.25. The van der Waals surface area contributed by atoms with E-state index in [1.165, 1.54) is 24.3 Å². The van der Waals surface area contributed by atoms with Gasteiger partial charge >= 0.3 is 0 Å². The number of hydrogen-bond donors (Lipinski definition) is 2. The standard InChI is InChI=1S/C24H27N3O5S/c1-24(10-5-11-24)23(30)27-13-9-20-17(16-27)15-19(22(29)26-20)21(28)25-12-6-14-33(31,32)18-7-3-2-4-8-18/h2-4,6-8,14-15H,5,9-13,16H2,1H3,(H,25,28)(H,26,29)/b14-6+. The van der Waals surface area contributed by atoms with Crippen molar-refractivity contribution in [2.45, 2.75) is 44.0 Å². The molecule has 174 valence electrons. The van der Waals surface area contributed by atoms with Gasteiger partial charge in [0.15, 0.2) is 9.84 Å². The zero-order valence-electron chi connectivity index (χ0n) is 18.5. The number of amides is 2. The van der Waals surface area contributed by atoms with Crippen molar-refractivity contribution in [1.82, 2.24) is 15.2 Å². The number of carbonyl (C=O) groups excluding carboxylic acids is 2. The summed E-state index contributed by atoms with van der Waals surface area (Å²) >= 11 is 0. The molecule has 0 spiro atoms. The van der Waals surface area contributed by atoms with Crippen LogP contribution in [-0.2, 0) is 27.6 Å². The highest BCUT2D eigenvalue weighted by Crippen LogP contribution is 2.42. The highest BCUT2D eigenvalue weighted by molar-refractivity contribution is 7.94. The van der Waals surface area contributed by atoms with Gasteiger partial charge in [-0.05, 0) is 36.6 Å². The zero-order valence-corrected chi connectivity index (χ0v) is 19.3. The van der Waals surface area contributed by atoms with E-state index in [1.807, 2.05) is 6.92 Å². The van der Waals surface area contributed by atoms with Gasteiger partial charge in [0, 0.05) is 42.6 Å². The third kappa shape index (κ3) is 4.78. The predicted octanol–water partition coefficient (Wildman–Crippen LogP) is 2.17. The number of fused-ring (bicyclic) bond motifs is 1. The number of pyridine rings is 1. The van der Waals surface area contributed by atoms with Crippen molar-refractivity contribution in [3.05, 3.63) is 75.1 Å². The molecule has 1 aromatic heterocycles. The fraction of sp³-hybridized carbons (Fsp3) is 0.375. The van der Waals surface area contributed by atoms with Gasteiger partial charge < -0.3 is 15.2 Å². The number of aromatic nitrogens is 1. The van der Waals surface area contributed by atoms with Crippen molar-refractivity contribution in [3.8, 4) is 0 Å². The summed E-state index contributed by atoms with van der Waals surface area (Å²) < 4.78 is 24.5. The lowest BCUT2D eigenvalue weighted by atomic mass is 9.69. The van der Waals surface area contributed by atoms with Crippen LogP contribution < -0.4 is 10.9 Å². The van der Waals surface area contributed by atoms with Crippen LogP contribution in [-0.4, -0.2) is 43.2 Å². The molecule has 2 N–H and O–H groups in total. The Hall–Kier alpha value is -3.20. The van der Waals surface area contributed by atoms with Crippen LogP contribution in [0.2, 0.25) is 0 Å². The molecule has 4 rings (SSSR count). The average molecular weight is 470 g/mol. The molecule has 1 saturated carbocycles. The van der Waals surface area contributed by atoms with E-state index in [0.717, 1.165) is 35.9 Å². The summed E-state index contributed by atoms with van der Waals surface area (Å²) in [6.07, 6.45) is 4.70. The van der Waals surface area contributed by atoms with Crippen LogP contribution in [0, 0.1) is 5.41 Å². The van der Waals surface area contributed by atoms with Gasteiger partial charge in [-0.25, -0.2) is 8.42 Å². The molecule has 1 aliphatic heterocycles. The Balaban J connectivity index is 1.42. The summed E-state index contributed by atoms with van der Waals surface area (Å²) in [5, 5.41) is 3.59. The SMILES string of the molecule is CC1(C(=O)N2CCc3[nH]c(=O)c(C(=O)NC/C=C/S(=O)(=O)c4ccccc4)cc3C2)CCC1. The summed E-state index contributed by atoms with van der Waals surface area (Å²) in [5.74, 6) is -0.475. The number of benzene rings is 1. The van der Waals surface area contributed by atoms with Crippen molar-refractivity contribution >= 4 is 21.7 Å². The molecule has 2 amide bonds. The van der Waals surface area contributed by atoms with Gasteiger partial charge in [-0.2, -0.15) is 0 Å². The first-order valence-corrected chi connectivity index (χ1v) is 12.5. The van der Waals surface area contributed by atoms with Crippen molar-refractivity contribution < 1.29 is 18.0 Å². The topological polar surface area (TPSA) is 116 Å². The van der Waals surface area contributed by atoms with Crippen LogP contribution in [0.1, 0.15) is 47.8 Å². The quantitative estimate of drug-likeness (QED) is 0.673. The van der Waals surface area contributed by atoms with E-state index < -0.39 is 21.3 Å². The molecule has 2 heterocycles. The third-order valence-corrected chi connectivity index (χ3v) is 7.92. The van der Waals surface area contributed by atoms with Crippen LogP contribution in [0.4, 0.5) is 0 Å². The minimum atomic E-state index is -3.60. The number of rotatable bonds is 6. The molecular weight excluding hydrogens is 442 g/mol. The van der Waals surface area contributed by atoms with E-state index >= 15 is 0 Å². The Labute approximate surface area is 192 Å². The van der Waals surface area contributed by atoms with E-state index in [-0.39, 0.29) is 28.3 Å². The highest BCUT2D eigenvalue weighted by atomic mass is 32.2. The minimum absolute atomic E-state index is 0.0512. The van der Waals surface area contributed by atoms with Crippen molar-refractivity contribution in [2.75, 3.05) is 13.1 Å². The average Bonchev–Trinajstić information content (AvgIpc) is 2.79. The number of sulfone groups is 1. The van der Waals surface area contributed by atoms with E-state index in [0.29, 0.717) is 19.5 Å². The lowest BCUT2D eigenvalue weighted by Gasteiger charge is -2.42. The van der Waals surface area contributed by atoms with Gasteiger partial charge in [-0.15, -0.1) is 0 Å². The molecule has 33 heavy (non-hydrogen) atoms. The van der Waals surface area contributed by atoms with Crippen molar-refractivity contribution in [1.29, 1.82) is 0 Å². The molecule has 0 unspecified atom stereocenters. The maximum Gasteiger partial charge on any atom is 0.261 e. The lowest BCUT2D eigenvalue weighted by Crippen LogP contribution is -2.48. The van der Waals surface area contributed by atoms with E-state index in [2.05, 4.69) is 10.3 Å². The van der Waals surface area contributed by atoms with Crippen LogP contribution in [0.25, 0.3) is 0 Å². The summed E-state index contributed by atoms with van der Waals surface area (Å²) in [6.45, 7) is 2.84. The molecule has 1 aromatic carbocycles. The molecule has 1 fully saturated rings. The zero-order chi connectivity index (χ0) is 23.6. The molecule has 2 aliphatic rings. The van der Waals surface area contributed by atoms with Gasteiger partial charge in [-0.1, -0.05) is 37.6 Å². The molecular formula is C24H27N3O5S. The Morgan fingerprint density at radius 3 is 2.61 bits per heavy atom. The van der Waals surface area contributed by atoms with Crippen LogP contribution in [0.3, 0.4) is 0 Å². The first kappa shape index (κ1) is 23.0. The minimum Gasteiger partial charge on any atom is -0.348 e. The maximum absolute atomic E-state index is 12.9. The summed E-state index contributed by atoms with van der Waals surface area (Å²) in [7, 11) is -3.60. The molecule has 2 aromatic rings. The van der Waals surface area contributed by atoms with Crippen LogP contribution in [0.15, 0.2) is 57.6 Å². The van der Waals surface area contributed by atoms with Crippen molar-refractivity contribution in [3.63, 3.8) is 0 Å². The third-order valence-electron chi connectivity index (χ3n) is 6.44. The Morgan fingerprint density at radius 1 is 1.21 bits per heavy atom. The number of nitrogens with zero attached hydrogens (tertiary/aromatic N) is 1. The molecule has 8 nitrogen and oxygen atoms in total. The fourth-order valence-electron chi connectivity index (χ4n) is 4.26. The van der Waals surface area contributed by atoms with E-state index in [1.54, 1.807) is 23.1 Å². The van der Waals surface area contributed by atoms with E-state index in [4.69, 9.17) is 0 Å². The normalized spacial score (nSPS) is 17.3. The van der Waals surface area contributed by atoms with Crippen molar-refractivity contribution in [2.24, 2.45) is 5.41 Å². The van der Waals surface area contributed by atoms with Gasteiger partial charge in [0.1, 0.15) is 5.56 Å². The molecule has 0 radical (unpaired) electrons. The molecule has 9 heteroatoms. The molecule has 0 atom stereocenters. The monoisotopic (exact) mass is 469 g/mol. The number of aromatic amines is 1. The number of hydrogen-bond acceptors (Lipinski definition) is 5. The second-order valence-corrected chi connectivity index (χ2v) is 10.7. The molecule has 0 saturated heterocycles. The second-order valence-electron chi connectivity index (χ2n) is 8.85. The van der Waals surface area contributed by atoms with Gasteiger partial charge in [0.25, 0.3) is 11.5 Å². The summed E-state index contributed by atoms with van der Waals surface area (Å²) in [5.41, 5.74) is 0.638. The van der Waals surface area contributed by atoms with Crippen LogP contribution >= 0.6 is 0 Å². The first-order chi connectivity index (χ1) is 15.7. The summed E-state index contributed by atoms with van der Waals surface area (Å²) in [4.78, 5) is 42.6. The van der Waals surface area contributed by atoms with E-state index in [9.17, 15) is 22.8 Å². The van der Waals surface area contributed by atoms with Gasteiger partial charge in [0.2, 0.25) is 5.91 Å². The summed E-state index contributed by atoms with van der Waals surface area (Å²) in [6, 6.07) is 9.51. The Bertz CT molecular complexity index is 1260. The highest BCUT2D eigenvalue weighted by Gasteiger charge is 2.42. The largest absolute Gasteiger partial charge is 0.348 e. The van der Waals surface area contributed by atoms with Gasteiger partial charge in [-0.3, -0.25) is 14.4 Å². The Morgan fingerprint density at radius 2 is 1.94 bits per heavy atom. The molecule has 0 bridgehead atoms. The predicted molar refractivity (Wildman–Crippen MR) is 123 cm³/mol. The van der Waals surface area contributed by atoms with Gasteiger partial charge in [0.05, 0.1) is 4.90 Å². The number of nitrogens with one attached hydrogen (secondary N) is 2. The van der Waals surface area contributed by atoms with Crippen LogP contribution in [0.5, 0.6) is 0 Å². The first-order valence-electron chi connectivity index (χ1n) is 11.0. The molecule has 1 aliphatic carbocycles. The second kappa shape index (κ2) is 8.97. The fourth-order valence-corrected chi connectivity index (χ4v) is 5.31.